The molecule has 2 rings (SSSR count). The van der Waals surface area contributed by atoms with Crippen LogP contribution in [0.3, 0.4) is 0 Å². The summed E-state index contributed by atoms with van der Waals surface area (Å²) in [6.07, 6.45) is 2.04. The van der Waals surface area contributed by atoms with Crippen LogP contribution in [0.4, 0.5) is 5.69 Å². The van der Waals surface area contributed by atoms with Crippen LogP contribution in [0.25, 0.3) is 0 Å². The minimum absolute atomic E-state index is 0.0463. The zero-order chi connectivity index (χ0) is 24.2. The van der Waals surface area contributed by atoms with E-state index in [0.717, 1.165) is 17.5 Å². The largest absolute Gasteiger partial charge is 0.352 e. The van der Waals surface area contributed by atoms with E-state index < -0.39 is 11.0 Å². The third kappa shape index (κ3) is 8.53. The zero-order valence-corrected chi connectivity index (χ0v) is 20.3. The molecule has 0 aliphatic heterocycles. The summed E-state index contributed by atoms with van der Waals surface area (Å²) in [5.41, 5.74) is 2.08. The Labute approximate surface area is 200 Å². The van der Waals surface area contributed by atoms with E-state index in [1.807, 2.05) is 51.1 Å². The van der Waals surface area contributed by atoms with Crippen molar-refractivity contribution in [3.63, 3.8) is 0 Å². The molecule has 2 aromatic carbocycles. The van der Waals surface area contributed by atoms with E-state index in [0.29, 0.717) is 25.1 Å². The third-order valence-corrected chi connectivity index (χ3v) is 6.50. The molecule has 2 aromatic rings. The second-order valence-corrected chi connectivity index (χ2v) is 8.97. The Morgan fingerprint density at radius 1 is 1.03 bits per heavy atom. The van der Waals surface area contributed by atoms with Gasteiger partial charge in [0.1, 0.15) is 6.04 Å². The van der Waals surface area contributed by atoms with E-state index in [9.17, 15) is 19.7 Å². The van der Waals surface area contributed by atoms with E-state index in [2.05, 4.69) is 5.32 Å². The Balaban J connectivity index is 2.05. The van der Waals surface area contributed by atoms with Gasteiger partial charge in [-0.05, 0) is 37.3 Å². The van der Waals surface area contributed by atoms with E-state index in [1.165, 1.54) is 23.9 Å². The fourth-order valence-corrected chi connectivity index (χ4v) is 4.26. The molecule has 2 atom stereocenters. The average Bonchev–Trinajstić information content (AvgIpc) is 2.82. The van der Waals surface area contributed by atoms with E-state index in [1.54, 1.807) is 17.0 Å². The molecule has 0 saturated carbocycles. The zero-order valence-electron chi connectivity index (χ0n) is 19.5. The topological polar surface area (TPSA) is 92.6 Å². The number of carbonyl (C=O) groups excluding carboxylic acids is 2. The Hall–Kier alpha value is -2.87. The minimum Gasteiger partial charge on any atom is -0.352 e. The fraction of sp³-hybridized carbons (Fsp3) is 0.440. The molecule has 0 bridgehead atoms. The maximum Gasteiger partial charge on any atom is 0.269 e. The van der Waals surface area contributed by atoms with Gasteiger partial charge in [-0.25, -0.2) is 0 Å². The molecule has 7 nitrogen and oxygen atoms in total. The lowest BCUT2D eigenvalue weighted by Crippen LogP contribution is -2.52. The molecule has 8 heteroatoms. The molecule has 0 saturated heterocycles. The molecule has 0 unspecified atom stereocenters. The number of nitrogens with zero attached hydrogens (tertiary/aromatic N) is 2. The second kappa shape index (κ2) is 13.6. The van der Waals surface area contributed by atoms with Gasteiger partial charge in [0.15, 0.2) is 0 Å². The van der Waals surface area contributed by atoms with E-state index in [-0.39, 0.29) is 29.3 Å². The van der Waals surface area contributed by atoms with Crippen LogP contribution < -0.4 is 5.32 Å². The molecule has 0 radical (unpaired) electrons. The van der Waals surface area contributed by atoms with Crippen LogP contribution in [0, 0.1) is 10.1 Å². The van der Waals surface area contributed by atoms with Crippen molar-refractivity contribution in [2.75, 3.05) is 12.3 Å². The lowest BCUT2D eigenvalue weighted by atomic mass is 10.1. The molecule has 1 N–H and O–H groups in total. The van der Waals surface area contributed by atoms with Gasteiger partial charge < -0.3 is 10.2 Å². The van der Waals surface area contributed by atoms with Crippen LogP contribution in [0.5, 0.6) is 0 Å². The lowest BCUT2D eigenvalue weighted by molar-refractivity contribution is -0.384. The number of carbonyl (C=O) groups is 2. The first-order valence-corrected chi connectivity index (χ1v) is 12.5. The second-order valence-electron chi connectivity index (χ2n) is 7.98. The summed E-state index contributed by atoms with van der Waals surface area (Å²) in [4.78, 5) is 38.2. The smallest absolute Gasteiger partial charge is 0.269 e. The number of hydrogen-bond donors (Lipinski definition) is 1. The Bertz CT molecular complexity index is 906. The van der Waals surface area contributed by atoms with Crippen LogP contribution in [-0.4, -0.2) is 46.0 Å². The number of thioether (sulfide) groups is 1. The first kappa shape index (κ1) is 26.4. The number of nitro benzene ring substituents is 1. The molecule has 178 valence electrons. The first-order valence-electron chi connectivity index (χ1n) is 11.3. The molecule has 0 heterocycles. The predicted molar refractivity (Wildman–Crippen MR) is 133 cm³/mol. The molecule has 0 fully saturated rings. The summed E-state index contributed by atoms with van der Waals surface area (Å²) in [5.74, 6) is 0.600. The lowest BCUT2D eigenvalue weighted by Gasteiger charge is -2.31. The summed E-state index contributed by atoms with van der Waals surface area (Å²) in [6, 6.07) is 15.8. The Morgan fingerprint density at radius 3 is 2.27 bits per heavy atom. The highest BCUT2D eigenvalue weighted by Crippen LogP contribution is 2.18. The van der Waals surface area contributed by atoms with Crippen LogP contribution in [0.1, 0.15) is 44.7 Å². The molecule has 2 amide bonds. The molecule has 33 heavy (non-hydrogen) atoms. The first-order chi connectivity index (χ1) is 15.8. The van der Waals surface area contributed by atoms with Gasteiger partial charge in [-0.2, -0.15) is 0 Å². The van der Waals surface area contributed by atoms with Gasteiger partial charge in [-0.3, -0.25) is 19.7 Å². The summed E-state index contributed by atoms with van der Waals surface area (Å²) in [6.45, 7) is 6.36. The van der Waals surface area contributed by atoms with Crippen molar-refractivity contribution in [2.24, 2.45) is 0 Å². The number of benzene rings is 2. The number of amides is 2. The van der Waals surface area contributed by atoms with Gasteiger partial charge in [0.25, 0.3) is 5.69 Å². The quantitative estimate of drug-likeness (QED) is 0.341. The Kier molecular flexibility index (Phi) is 10.9. The monoisotopic (exact) mass is 471 g/mol. The third-order valence-electron chi connectivity index (χ3n) is 5.51. The molecular formula is C25H33N3O4S. The molecule has 0 aromatic heterocycles. The van der Waals surface area contributed by atoms with Crippen molar-refractivity contribution in [2.45, 2.75) is 57.9 Å². The van der Waals surface area contributed by atoms with Crippen molar-refractivity contribution in [1.29, 1.82) is 0 Å². The molecular weight excluding hydrogens is 438 g/mol. The SMILES string of the molecule is CC[C@@H](C)NC(=O)[C@H](CC)N(CCc1ccccc1)C(=O)CSCc1ccc([N+](=O)[O-])cc1. The highest BCUT2D eigenvalue weighted by atomic mass is 32.2. The summed E-state index contributed by atoms with van der Waals surface area (Å²) in [5, 5.41) is 13.8. The molecule has 0 aliphatic carbocycles. The summed E-state index contributed by atoms with van der Waals surface area (Å²) >= 11 is 1.44. The van der Waals surface area contributed by atoms with Crippen LogP contribution >= 0.6 is 11.8 Å². The average molecular weight is 472 g/mol. The van der Waals surface area contributed by atoms with Gasteiger partial charge in [0, 0.05) is 30.5 Å². The highest BCUT2D eigenvalue weighted by Gasteiger charge is 2.28. The predicted octanol–water partition coefficient (Wildman–Crippen LogP) is 4.59. The number of non-ortho nitro benzene ring substituents is 1. The number of nitro groups is 1. The van der Waals surface area contributed by atoms with Gasteiger partial charge in [-0.15, -0.1) is 11.8 Å². The van der Waals surface area contributed by atoms with Crippen LogP contribution in [0.15, 0.2) is 54.6 Å². The van der Waals surface area contributed by atoms with Crippen LogP contribution in [-0.2, 0) is 21.8 Å². The van der Waals surface area contributed by atoms with Crippen molar-refractivity contribution < 1.29 is 14.5 Å². The number of rotatable bonds is 13. The number of hydrogen-bond acceptors (Lipinski definition) is 5. The van der Waals surface area contributed by atoms with Crippen molar-refractivity contribution in [1.82, 2.24) is 10.2 Å². The summed E-state index contributed by atoms with van der Waals surface area (Å²) < 4.78 is 0. The fourth-order valence-electron chi connectivity index (χ4n) is 3.39. The maximum atomic E-state index is 13.2. The van der Waals surface area contributed by atoms with E-state index in [4.69, 9.17) is 0 Å². The molecule has 0 spiro atoms. The Morgan fingerprint density at radius 2 is 1.70 bits per heavy atom. The standard InChI is InChI=1S/C25H33N3O4S/c1-4-19(3)26-25(30)23(5-2)27(16-15-20-9-7-6-8-10-20)24(29)18-33-17-21-11-13-22(14-12-21)28(31)32/h6-14,19,23H,4-5,15-18H2,1-3H3,(H,26,30)/t19-,23+/m1/s1. The van der Waals surface area contributed by atoms with Gasteiger partial charge in [-0.1, -0.05) is 56.3 Å². The highest BCUT2D eigenvalue weighted by molar-refractivity contribution is 7.99. The van der Waals surface area contributed by atoms with Crippen molar-refractivity contribution in [3.05, 3.63) is 75.8 Å². The number of nitrogens with one attached hydrogen (secondary N) is 1. The minimum atomic E-state index is -0.518. The van der Waals surface area contributed by atoms with E-state index >= 15 is 0 Å². The normalized spacial score (nSPS) is 12.6. The van der Waals surface area contributed by atoms with Gasteiger partial charge in [0.05, 0.1) is 10.7 Å². The van der Waals surface area contributed by atoms with Crippen molar-refractivity contribution in [3.8, 4) is 0 Å². The molecule has 0 aliphatic rings. The van der Waals surface area contributed by atoms with Crippen LogP contribution in [0.2, 0.25) is 0 Å². The van der Waals surface area contributed by atoms with Gasteiger partial charge in [0.2, 0.25) is 11.8 Å². The van der Waals surface area contributed by atoms with Gasteiger partial charge >= 0.3 is 0 Å². The van der Waals surface area contributed by atoms with Crippen molar-refractivity contribution >= 4 is 29.3 Å². The maximum absolute atomic E-state index is 13.2. The summed E-state index contributed by atoms with van der Waals surface area (Å²) in [7, 11) is 0.